The molecule has 0 radical (unpaired) electrons. The highest BCUT2D eigenvalue weighted by Gasteiger charge is 2.44. The first-order valence-corrected chi connectivity index (χ1v) is 17.9. The van der Waals surface area contributed by atoms with Crippen LogP contribution in [-0.4, -0.2) is 110 Å². The molecule has 5 aromatic rings. The number of carbonyl (C=O) groups excluding carboxylic acids is 3. The summed E-state index contributed by atoms with van der Waals surface area (Å²) in [5.74, 6) is -0.419. The van der Waals surface area contributed by atoms with Crippen LogP contribution in [0, 0.1) is 0 Å². The molecule has 54 heavy (non-hydrogen) atoms. The summed E-state index contributed by atoms with van der Waals surface area (Å²) in [5, 5.41) is 4.87. The van der Waals surface area contributed by atoms with Gasteiger partial charge in [-0.05, 0) is 54.8 Å². The molecule has 0 aliphatic carbocycles. The van der Waals surface area contributed by atoms with Gasteiger partial charge in [-0.3, -0.25) is 24.3 Å². The molecule has 1 saturated heterocycles. The van der Waals surface area contributed by atoms with Gasteiger partial charge in [0, 0.05) is 57.7 Å². The highest BCUT2D eigenvalue weighted by Crippen LogP contribution is 2.31. The number of hydrogen-bond acceptors (Lipinski definition) is 11. The SMILES string of the molecule is C=C1CCC(N2C(=O)c3ccc(OCCOCCOCCOCCOCCOc4ccc(-c5ccc6c(c5)[nH]c5ccncc56)cn4)cc3C2=O)C(=O)N1. The van der Waals surface area contributed by atoms with Crippen LogP contribution in [0.2, 0.25) is 0 Å². The van der Waals surface area contributed by atoms with E-state index in [-0.39, 0.29) is 17.7 Å². The average molecular weight is 736 g/mol. The number of carbonyl (C=O) groups is 3. The molecule has 280 valence electrons. The number of H-pyrrole nitrogens is 1. The quantitative estimate of drug-likeness (QED) is 0.0894. The zero-order valence-electron chi connectivity index (χ0n) is 29.7. The number of aromatic nitrogens is 3. The molecule has 2 N–H and O–H groups in total. The molecule has 1 unspecified atom stereocenters. The first kappa shape index (κ1) is 36.7. The van der Waals surface area contributed by atoms with Gasteiger partial charge in [-0.1, -0.05) is 18.7 Å². The van der Waals surface area contributed by atoms with Crippen LogP contribution in [0.1, 0.15) is 33.6 Å². The second-order valence-corrected chi connectivity index (χ2v) is 12.7. The maximum Gasteiger partial charge on any atom is 0.262 e. The summed E-state index contributed by atoms with van der Waals surface area (Å²) in [6.45, 7) is 7.60. The van der Waals surface area contributed by atoms with Crippen molar-refractivity contribution in [2.75, 3.05) is 66.1 Å². The number of nitrogens with zero attached hydrogens (tertiary/aromatic N) is 3. The number of amides is 3. The molecule has 0 bridgehead atoms. The summed E-state index contributed by atoms with van der Waals surface area (Å²) in [7, 11) is 0. The number of rotatable bonds is 19. The fourth-order valence-corrected chi connectivity index (χ4v) is 6.37. The molecular weight excluding hydrogens is 694 g/mol. The highest BCUT2D eigenvalue weighted by molar-refractivity contribution is 6.23. The van der Waals surface area contributed by atoms with Gasteiger partial charge in [-0.15, -0.1) is 0 Å². The summed E-state index contributed by atoms with van der Waals surface area (Å²) in [5.41, 5.74) is 5.23. The maximum absolute atomic E-state index is 13.0. The van der Waals surface area contributed by atoms with E-state index in [1.807, 2.05) is 24.4 Å². The molecule has 5 heterocycles. The van der Waals surface area contributed by atoms with Crippen LogP contribution in [0.5, 0.6) is 11.6 Å². The first-order valence-electron chi connectivity index (χ1n) is 17.9. The van der Waals surface area contributed by atoms with E-state index in [1.54, 1.807) is 24.5 Å². The van der Waals surface area contributed by atoms with Crippen molar-refractivity contribution in [2.45, 2.75) is 18.9 Å². The Hall–Kier alpha value is -5.67. The van der Waals surface area contributed by atoms with E-state index in [0.717, 1.165) is 37.8 Å². The Morgan fingerprint density at radius 1 is 0.685 bits per heavy atom. The maximum atomic E-state index is 13.0. The topological polar surface area (TPSA) is 163 Å². The van der Waals surface area contributed by atoms with Crippen molar-refractivity contribution in [2.24, 2.45) is 0 Å². The zero-order chi connectivity index (χ0) is 37.3. The predicted octanol–water partition coefficient (Wildman–Crippen LogP) is 4.69. The summed E-state index contributed by atoms with van der Waals surface area (Å²) < 4.78 is 33.7. The number of piperidine rings is 1. The Morgan fingerprint density at radius 3 is 2.07 bits per heavy atom. The number of pyridine rings is 2. The second kappa shape index (κ2) is 17.4. The van der Waals surface area contributed by atoms with Crippen molar-refractivity contribution in [1.82, 2.24) is 25.2 Å². The lowest BCUT2D eigenvalue weighted by Crippen LogP contribution is -2.51. The molecule has 2 aliphatic rings. The van der Waals surface area contributed by atoms with Gasteiger partial charge in [-0.2, -0.15) is 0 Å². The molecule has 2 aliphatic heterocycles. The third kappa shape index (κ3) is 8.58. The van der Waals surface area contributed by atoms with E-state index in [1.165, 1.54) is 6.07 Å². The summed E-state index contributed by atoms with van der Waals surface area (Å²) in [6, 6.07) is 16.0. The monoisotopic (exact) mass is 735 g/mol. The molecule has 14 nitrogen and oxygen atoms in total. The van der Waals surface area contributed by atoms with Gasteiger partial charge in [-0.25, -0.2) is 4.98 Å². The van der Waals surface area contributed by atoms with Crippen molar-refractivity contribution < 1.29 is 42.8 Å². The lowest BCUT2D eigenvalue weighted by Gasteiger charge is -2.29. The molecule has 3 amide bonds. The first-order chi connectivity index (χ1) is 26.5. The van der Waals surface area contributed by atoms with Crippen LogP contribution in [-0.2, 0) is 23.7 Å². The normalized spacial score (nSPS) is 15.6. The third-order valence-electron chi connectivity index (χ3n) is 9.08. The lowest BCUT2D eigenvalue weighted by atomic mass is 10.0. The number of aromatic amines is 1. The van der Waals surface area contributed by atoms with Crippen molar-refractivity contribution in [3.8, 4) is 22.8 Å². The number of nitrogens with one attached hydrogen (secondary N) is 2. The van der Waals surface area contributed by atoms with Gasteiger partial charge in [0.25, 0.3) is 11.8 Å². The Balaban J connectivity index is 0.687. The van der Waals surface area contributed by atoms with Crippen LogP contribution >= 0.6 is 0 Å². The average Bonchev–Trinajstić information content (AvgIpc) is 3.68. The second-order valence-electron chi connectivity index (χ2n) is 12.7. The number of imide groups is 1. The minimum atomic E-state index is -0.854. The molecule has 3 aromatic heterocycles. The van der Waals surface area contributed by atoms with Crippen molar-refractivity contribution in [3.63, 3.8) is 0 Å². The van der Waals surface area contributed by atoms with Gasteiger partial charge < -0.3 is 38.7 Å². The standard InChI is InChI=1S/C40H41N5O9/c1-26-2-8-36(38(46)43-26)45-39(47)31-7-5-29(23-32(31)40(45)48)53-20-18-51-16-14-49-12-13-50-15-17-52-19-21-54-37-9-4-28(24-42-37)27-3-6-30-33-25-41-11-10-34(33)44-35(30)22-27/h3-7,9-11,22-25,36,44H,1-2,8,12-21H2,(H,43,46). The Morgan fingerprint density at radius 2 is 1.37 bits per heavy atom. The van der Waals surface area contributed by atoms with E-state index in [9.17, 15) is 14.4 Å². The van der Waals surface area contributed by atoms with Gasteiger partial charge in [0.15, 0.2) is 0 Å². The zero-order valence-corrected chi connectivity index (χ0v) is 29.7. The number of hydrogen-bond donors (Lipinski definition) is 2. The Bertz CT molecular complexity index is 2130. The fraction of sp³-hybridized carbons (Fsp3) is 0.325. The molecule has 14 heteroatoms. The van der Waals surface area contributed by atoms with Crippen LogP contribution in [0.4, 0.5) is 0 Å². The minimum Gasteiger partial charge on any atom is -0.491 e. The van der Waals surface area contributed by atoms with Crippen LogP contribution in [0.25, 0.3) is 32.9 Å². The van der Waals surface area contributed by atoms with Crippen molar-refractivity contribution in [3.05, 3.63) is 96.6 Å². The van der Waals surface area contributed by atoms with E-state index in [0.29, 0.717) is 89.6 Å². The highest BCUT2D eigenvalue weighted by atomic mass is 16.6. The van der Waals surface area contributed by atoms with Crippen molar-refractivity contribution in [1.29, 1.82) is 0 Å². The number of benzene rings is 2. The summed E-state index contributed by atoms with van der Waals surface area (Å²) >= 11 is 0. The molecular formula is C40H41N5O9. The van der Waals surface area contributed by atoms with Gasteiger partial charge in [0.1, 0.15) is 25.0 Å². The Kier molecular flexibility index (Phi) is 11.8. The van der Waals surface area contributed by atoms with Crippen LogP contribution < -0.4 is 14.8 Å². The van der Waals surface area contributed by atoms with Crippen LogP contribution in [0.3, 0.4) is 0 Å². The number of ether oxygens (including phenoxy) is 6. The van der Waals surface area contributed by atoms with E-state index < -0.39 is 23.8 Å². The Labute approximate surface area is 311 Å². The fourth-order valence-electron chi connectivity index (χ4n) is 6.37. The van der Waals surface area contributed by atoms with E-state index in [2.05, 4.69) is 45.0 Å². The predicted molar refractivity (Wildman–Crippen MR) is 198 cm³/mol. The molecule has 1 fully saturated rings. The van der Waals surface area contributed by atoms with Gasteiger partial charge in [0.05, 0.1) is 64.0 Å². The molecule has 2 aromatic carbocycles. The summed E-state index contributed by atoms with van der Waals surface area (Å²) in [6.07, 6.45) is 6.32. The van der Waals surface area contributed by atoms with E-state index in [4.69, 9.17) is 28.4 Å². The van der Waals surface area contributed by atoms with E-state index >= 15 is 0 Å². The molecule has 7 rings (SSSR count). The molecule has 0 saturated carbocycles. The number of allylic oxidation sites excluding steroid dienone is 1. The minimum absolute atomic E-state index is 0.220. The van der Waals surface area contributed by atoms with Gasteiger partial charge >= 0.3 is 0 Å². The lowest BCUT2D eigenvalue weighted by molar-refractivity contribution is -0.125. The molecule has 1 atom stereocenters. The largest absolute Gasteiger partial charge is 0.491 e. The van der Waals surface area contributed by atoms with Crippen molar-refractivity contribution >= 4 is 39.5 Å². The van der Waals surface area contributed by atoms with Crippen LogP contribution in [0.15, 0.2) is 85.5 Å². The number of fused-ring (bicyclic) bond motifs is 4. The molecule has 0 spiro atoms. The van der Waals surface area contributed by atoms with Gasteiger partial charge in [0.2, 0.25) is 11.8 Å². The third-order valence-corrected chi connectivity index (χ3v) is 9.08. The summed E-state index contributed by atoms with van der Waals surface area (Å²) in [4.78, 5) is 51.4. The smallest absolute Gasteiger partial charge is 0.262 e.